The van der Waals surface area contributed by atoms with Crippen LogP contribution >= 0.6 is 0 Å². The van der Waals surface area contributed by atoms with E-state index in [9.17, 15) is 0 Å². The zero-order valence-electron chi connectivity index (χ0n) is 8.67. The summed E-state index contributed by atoms with van der Waals surface area (Å²) in [5.74, 6) is 1.88. The van der Waals surface area contributed by atoms with Crippen LogP contribution < -0.4 is 0 Å². The maximum absolute atomic E-state index is 4.57. The van der Waals surface area contributed by atoms with Gasteiger partial charge in [0, 0.05) is 25.0 Å². The van der Waals surface area contributed by atoms with E-state index in [1.807, 2.05) is 0 Å². The van der Waals surface area contributed by atoms with Gasteiger partial charge in [-0.1, -0.05) is 13.8 Å². The van der Waals surface area contributed by atoms with Crippen molar-refractivity contribution in [3.8, 4) is 0 Å². The van der Waals surface area contributed by atoms with E-state index in [4.69, 9.17) is 0 Å². The topological polar surface area (TPSA) is 15.6 Å². The summed E-state index contributed by atoms with van der Waals surface area (Å²) in [4.78, 5) is 7.00. The standard InChI is InChI=1S/C10H20N2/c1-8(2)10-11-6-5-7-12(10)9(3)4/h8-9H,5-7H2,1-4H3. The van der Waals surface area contributed by atoms with Crippen molar-refractivity contribution in [2.45, 2.75) is 40.2 Å². The fraction of sp³-hybridized carbons (Fsp3) is 0.900. The maximum Gasteiger partial charge on any atom is 0.102 e. The van der Waals surface area contributed by atoms with E-state index in [0.717, 1.165) is 6.54 Å². The van der Waals surface area contributed by atoms with Gasteiger partial charge >= 0.3 is 0 Å². The second-order valence-corrected chi connectivity index (χ2v) is 4.04. The highest BCUT2D eigenvalue weighted by atomic mass is 15.2. The summed E-state index contributed by atoms with van der Waals surface area (Å²) in [6.45, 7) is 11.1. The normalized spacial score (nSPS) is 18.8. The monoisotopic (exact) mass is 168 g/mol. The summed E-state index contributed by atoms with van der Waals surface area (Å²) in [6.07, 6.45) is 1.22. The molecule has 2 nitrogen and oxygen atoms in total. The van der Waals surface area contributed by atoms with Crippen LogP contribution in [0.5, 0.6) is 0 Å². The van der Waals surface area contributed by atoms with Gasteiger partial charge in [-0.3, -0.25) is 4.99 Å². The Morgan fingerprint density at radius 1 is 1.25 bits per heavy atom. The van der Waals surface area contributed by atoms with Crippen molar-refractivity contribution >= 4 is 5.84 Å². The Kier molecular flexibility index (Phi) is 3.12. The molecule has 0 aromatic rings. The number of amidine groups is 1. The van der Waals surface area contributed by atoms with Crippen LogP contribution in [-0.4, -0.2) is 29.9 Å². The quantitative estimate of drug-likeness (QED) is 0.617. The SMILES string of the molecule is CC(C)C1=NCCCN1C(C)C. The molecule has 0 radical (unpaired) electrons. The maximum atomic E-state index is 4.57. The molecule has 2 heteroatoms. The number of rotatable bonds is 2. The molecular weight excluding hydrogens is 148 g/mol. The van der Waals surface area contributed by atoms with Crippen LogP contribution in [0, 0.1) is 5.92 Å². The highest BCUT2D eigenvalue weighted by Gasteiger charge is 2.19. The Bertz CT molecular complexity index is 171. The van der Waals surface area contributed by atoms with Crippen molar-refractivity contribution in [2.75, 3.05) is 13.1 Å². The minimum absolute atomic E-state index is 0.577. The van der Waals surface area contributed by atoms with Gasteiger partial charge in [0.2, 0.25) is 0 Å². The third-order valence-electron chi connectivity index (χ3n) is 2.26. The third-order valence-corrected chi connectivity index (χ3v) is 2.26. The molecule has 0 saturated carbocycles. The smallest absolute Gasteiger partial charge is 0.102 e. The van der Waals surface area contributed by atoms with Crippen LogP contribution in [0.2, 0.25) is 0 Å². The Balaban J connectivity index is 2.71. The van der Waals surface area contributed by atoms with Crippen molar-refractivity contribution in [3.05, 3.63) is 0 Å². The van der Waals surface area contributed by atoms with Gasteiger partial charge in [-0.2, -0.15) is 0 Å². The van der Waals surface area contributed by atoms with Gasteiger partial charge in [0.05, 0.1) is 0 Å². The Morgan fingerprint density at radius 3 is 2.33 bits per heavy atom. The molecule has 0 atom stereocenters. The van der Waals surface area contributed by atoms with E-state index in [2.05, 4.69) is 37.6 Å². The van der Waals surface area contributed by atoms with Crippen molar-refractivity contribution < 1.29 is 0 Å². The van der Waals surface area contributed by atoms with Gasteiger partial charge < -0.3 is 4.90 Å². The Labute approximate surface area is 75.7 Å². The minimum atomic E-state index is 0.577. The lowest BCUT2D eigenvalue weighted by atomic mass is 10.1. The number of nitrogens with zero attached hydrogens (tertiary/aromatic N) is 2. The van der Waals surface area contributed by atoms with Gasteiger partial charge in [-0.05, 0) is 20.3 Å². The van der Waals surface area contributed by atoms with Gasteiger partial charge in [-0.25, -0.2) is 0 Å². The van der Waals surface area contributed by atoms with E-state index in [1.165, 1.54) is 18.8 Å². The van der Waals surface area contributed by atoms with Crippen molar-refractivity contribution in [3.63, 3.8) is 0 Å². The summed E-state index contributed by atoms with van der Waals surface area (Å²) < 4.78 is 0. The number of aliphatic imine (C=N–C) groups is 1. The lowest BCUT2D eigenvalue weighted by Crippen LogP contribution is -2.43. The van der Waals surface area contributed by atoms with Crippen LogP contribution in [0.4, 0.5) is 0 Å². The van der Waals surface area contributed by atoms with Crippen molar-refractivity contribution in [1.29, 1.82) is 0 Å². The summed E-state index contributed by atoms with van der Waals surface area (Å²) in [5.41, 5.74) is 0. The zero-order valence-corrected chi connectivity index (χ0v) is 8.67. The van der Waals surface area contributed by atoms with E-state index < -0.39 is 0 Å². The molecule has 0 fully saturated rings. The molecule has 1 aliphatic rings. The first-order valence-electron chi connectivity index (χ1n) is 4.94. The first-order valence-corrected chi connectivity index (χ1v) is 4.94. The molecule has 0 aromatic carbocycles. The number of hydrogen-bond acceptors (Lipinski definition) is 2. The molecule has 0 N–H and O–H groups in total. The van der Waals surface area contributed by atoms with Crippen LogP contribution in [0.25, 0.3) is 0 Å². The lowest BCUT2D eigenvalue weighted by Gasteiger charge is -2.34. The molecule has 0 spiro atoms. The molecule has 0 bridgehead atoms. The molecule has 70 valence electrons. The van der Waals surface area contributed by atoms with E-state index in [0.29, 0.717) is 12.0 Å². The Hall–Kier alpha value is -0.530. The summed E-state index contributed by atoms with van der Waals surface area (Å²) in [6, 6.07) is 0.603. The average molecular weight is 168 g/mol. The molecule has 0 saturated heterocycles. The fourth-order valence-corrected chi connectivity index (χ4v) is 1.68. The Morgan fingerprint density at radius 2 is 1.92 bits per heavy atom. The minimum Gasteiger partial charge on any atom is -0.358 e. The summed E-state index contributed by atoms with van der Waals surface area (Å²) in [5, 5.41) is 0. The third kappa shape index (κ3) is 1.99. The molecule has 1 aliphatic heterocycles. The van der Waals surface area contributed by atoms with Gasteiger partial charge in [0.1, 0.15) is 5.84 Å². The molecule has 12 heavy (non-hydrogen) atoms. The molecule has 0 aliphatic carbocycles. The fourth-order valence-electron chi connectivity index (χ4n) is 1.68. The highest BCUT2D eigenvalue weighted by Crippen LogP contribution is 2.13. The average Bonchev–Trinajstić information content (AvgIpc) is 2.04. The second kappa shape index (κ2) is 3.92. The first-order chi connectivity index (χ1) is 5.63. The predicted molar refractivity (Wildman–Crippen MR) is 53.6 cm³/mol. The zero-order chi connectivity index (χ0) is 9.14. The van der Waals surface area contributed by atoms with Crippen LogP contribution in [0.1, 0.15) is 34.1 Å². The van der Waals surface area contributed by atoms with Crippen LogP contribution in [0.15, 0.2) is 4.99 Å². The molecule has 0 amide bonds. The van der Waals surface area contributed by atoms with Gasteiger partial charge in [0.15, 0.2) is 0 Å². The summed E-state index contributed by atoms with van der Waals surface area (Å²) >= 11 is 0. The molecule has 0 aromatic heterocycles. The molecule has 1 heterocycles. The molecular formula is C10H20N2. The predicted octanol–water partition coefficient (Wildman–Crippen LogP) is 2.16. The van der Waals surface area contributed by atoms with Crippen LogP contribution in [0.3, 0.4) is 0 Å². The molecule has 0 unspecified atom stereocenters. The molecule has 1 rings (SSSR count). The number of hydrogen-bond donors (Lipinski definition) is 0. The lowest BCUT2D eigenvalue weighted by molar-refractivity contribution is 0.317. The van der Waals surface area contributed by atoms with Gasteiger partial charge in [-0.15, -0.1) is 0 Å². The van der Waals surface area contributed by atoms with Crippen molar-refractivity contribution in [1.82, 2.24) is 4.90 Å². The highest BCUT2D eigenvalue weighted by molar-refractivity contribution is 5.84. The first kappa shape index (κ1) is 9.56. The van der Waals surface area contributed by atoms with Gasteiger partial charge in [0.25, 0.3) is 0 Å². The largest absolute Gasteiger partial charge is 0.358 e. The van der Waals surface area contributed by atoms with E-state index >= 15 is 0 Å². The van der Waals surface area contributed by atoms with E-state index in [-0.39, 0.29) is 0 Å². The second-order valence-electron chi connectivity index (χ2n) is 4.04. The summed E-state index contributed by atoms with van der Waals surface area (Å²) in [7, 11) is 0. The van der Waals surface area contributed by atoms with Crippen LogP contribution in [-0.2, 0) is 0 Å². The van der Waals surface area contributed by atoms with Crippen molar-refractivity contribution in [2.24, 2.45) is 10.9 Å². The van der Waals surface area contributed by atoms with E-state index in [1.54, 1.807) is 0 Å².